The molecule has 0 amide bonds. The van der Waals surface area contributed by atoms with Crippen LogP contribution in [0.5, 0.6) is 0 Å². The summed E-state index contributed by atoms with van der Waals surface area (Å²) in [6, 6.07) is 12.7. The lowest BCUT2D eigenvalue weighted by Crippen LogP contribution is -2.16. The van der Waals surface area contributed by atoms with Crippen LogP contribution >= 0.6 is 0 Å². The van der Waals surface area contributed by atoms with Gasteiger partial charge in [-0.3, -0.25) is 4.72 Å². The lowest BCUT2D eigenvalue weighted by atomic mass is 9.93. The summed E-state index contributed by atoms with van der Waals surface area (Å²) in [4.78, 5) is 11.7. The van der Waals surface area contributed by atoms with E-state index in [1.807, 2.05) is 0 Å². The monoisotopic (exact) mass is 361 g/mol. The van der Waals surface area contributed by atoms with Crippen molar-refractivity contribution >= 4 is 21.7 Å². The molecule has 0 heterocycles. The lowest BCUT2D eigenvalue weighted by Gasteiger charge is -2.15. The number of carboxylic acids is 1. The molecule has 5 nitrogen and oxygen atoms in total. The minimum atomic E-state index is -3.83. The third-order valence-electron chi connectivity index (χ3n) is 4.29. The van der Waals surface area contributed by atoms with Crippen LogP contribution in [0.4, 0.5) is 5.69 Å². The van der Waals surface area contributed by atoms with Crippen molar-refractivity contribution < 1.29 is 18.3 Å². The zero-order valence-electron chi connectivity index (χ0n) is 14.4. The summed E-state index contributed by atoms with van der Waals surface area (Å²) in [5.41, 5.74) is 0.932. The first-order valence-corrected chi connectivity index (χ1v) is 9.79. The topological polar surface area (TPSA) is 83.5 Å². The average molecular weight is 361 g/mol. The predicted octanol–water partition coefficient (Wildman–Crippen LogP) is 4.16. The summed E-state index contributed by atoms with van der Waals surface area (Å²) >= 11 is 0. The number of rotatable bonds is 8. The first-order valence-electron chi connectivity index (χ1n) is 8.31. The number of nitrogens with one attached hydrogen (secondary N) is 1. The highest BCUT2D eigenvalue weighted by atomic mass is 32.2. The molecule has 0 spiro atoms. The summed E-state index contributed by atoms with van der Waals surface area (Å²) in [6.45, 7) is 4.21. The SMILES string of the molecule is CCC(CC)Cc1ccc(NS(=O)(=O)c2ccccc2)c(C(=O)O)c1. The maximum absolute atomic E-state index is 12.4. The van der Waals surface area contributed by atoms with E-state index in [9.17, 15) is 18.3 Å². The van der Waals surface area contributed by atoms with Gasteiger partial charge in [-0.2, -0.15) is 0 Å². The molecule has 0 unspecified atom stereocenters. The number of anilines is 1. The Morgan fingerprint density at radius 1 is 1.08 bits per heavy atom. The molecule has 6 heteroatoms. The molecule has 0 fully saturated rings. The molecular formula is C19H23NO4S. The number of sulfonamides is 1. The molecule has 0 atom stereocenters. The number of benzene rings is 2. The largest absolute Gasteiger partial charge is 0.478 e. The normalized spacial score (nSPS) is 11.5. The van der Waals surface area contributed by atoms with Gasteiger partial charge in [0.1, 0.15) is 0 Å². The van der Waals surface area contributed by atoms with Gasteiger partial charge < -0.3 is 5.11 Å². The molecule has 0 radical (unpaired) electrons. The molecule has 2 N–H and O–H groups in total. The second kappa shape index (κ2) is 8.16. The highest BCUT2D eigenvalue weighted by molar-refractivity contribution is 7.92. The third kappa shape index (κ3) is 4.82. The van der Waals surface area contributed by atoms with Crippen molar-refractivity contribution in [3.05, 3.63) is 59.7 Å². The Morgan fingerprint density at radius 2 is 1.72 bits per heavy atom. The van der Waals surface area contributed by atoms with Gasteiger partial charge in [-0.1, -0.05) is 51.0 Å². The van der Waals surface area contributed by atoms with Gasteiger partial charge in [0.05, 0.1) is 16.1 Å². The van der Waals surface area contributed by atoms with Crippen LogP contribution in [0.25, 0.3) is 0 Å². The van der Waals surface area contributed by atoms with E-state index < -0.39 is 16.0 Å². The first-order chi connectivity index (χ1) is 11.9. The number of hydrogen-bond acceptors (Lipinski definition) is 3. The highest BCUT2D eigenvalue weighted by Crippen LogP contribution is 2.24. The van der Waals surface area contributed by atoms with Gasteiger partial charge in [0.25, 0.3) is 10.0 Å². The molecule has 2 rings (SSSR count). The Labute approximate surface area is 148 Å². The second-order valence-electron chi connectivity index (χ2n) is 5.99. The molecular weight excluding hydrogens is 338 g/mol. The fourth-order valence-corrected chi connectivity index (χ4v) is 3.80. The Kier molecular flexibility index (Phi) is 6.20. The van der Waals surface area contributed by atoms with Gasteiger partial charge in [0.2, 0.25) is 0 Å². The molecule has 0 aliphatic rings. The Hall–Kier alpha value is -2.34. The van der Waals surface area contributed by atoms with Crippen LogP contribution < -0.4 is 4.72 Å². The molecule has 0 saturated heterocycles. The van der Waals surface area contributed by atoms with Crippen molar-refractivity contribution in [2.45, 2.75) is 38.0 Å². The van der Waals surface area contributed by atoms with Crippen LogP contribution in [0, 0.1) is 5.92 Å². The van der Waals surface area contributed by atoms with Crippen LogP contribution in [0.1, 0.15) is 42.6 Å². The third-order valence-corrected chi connectivity index (χ3v) is 5.67. The Balaban J connectivity index is 2.33. The number of carboxylic acid groups (broad SMARTS) is 1. The van der Waals surface area contributed by atoms with E-state index in [4.69, 9.17) is 0 Å². The van der Waals surface area contributed by atoms with E-state index in [0.29, 0.717) is 5.92 Å². The zero-order chi connectivity index (χ0) is 18.4. The molecule has 2 aromatic rings. The zero-order valence-corrected chi connectivity index (χ0v) is 15.2. The second-order valence-corrected chi connectivity index (χ2v) is 7.67. The lowest BCUT2D eigenvalue weighted by molar-refractivity contribution is 0.0698. The first kappa shape index (κ1) is 19.0. The number of aromatic carboxylic acids is 1. The fourth-order valence-electron chi connectivity index (χ4n) is 2.70. The molecule has 2 aromatic carbocycles. The predicted molar refractivity (Wildman–Crippen MR) is 98.4 cm³/mol. The summed E-state index contributed by atoms with van der Waals surface area (Å²) in [5, 5.41) is 9.47. The van der Waals surface area contributed by atoms with E-state index in [0.717, 1.165) is 24.8 Å². The molecule has 25 heavy (non-hydrogen) atoms. The molecule has 0 aliphatic carbocycles. The minimum Gasteiger partial charge on any atom is -0.478 e. The van der Waals surface area contributed by atoms with E-state index >= 15 is 0 Å². The van der Waals surface area contributed by atoms with E-state index in [1.165, 1.54) is 18.2 Å². The minimum absolute atomic E-state index is 0.0389. The van der Waals surface area contributed by atoms with Crippen LogP contribution in [0.3, 0.4) is 0 Å². The van der Waals surface area contributed by atoms with Gasteiger partial charge in [0, 0.05) is 0 Å². The standard InChI is InChI=1S/C19H23NO4S/c1-3-14(4-2)12-15-10-11-18(17(13-15)19(21)22)20-25(23,24)16-8-6-5-7-9-16/h5-11,13-14,20H,3-4,12H2,1-2H3,(H,21,22). The van der Waals surface area contributed by atoms with Crippen molar-refractivity contribution in [1.29, 1.82) is 0 Å². The average Bonchev–Trinajstić information content (AvgIpc) is 2.61. The van der Waals surface area contributed by atoms with Crippen molar-refractivity contribution in [2.75, 3.05) is 4.72 Å². The van der Waals surface area contributed by atoms with E-state index in [2.05, 4.69) is 18.6 Å². The van der Waals surface area contributed by atoms with E-state index in [-0.39, 0.29) is 16.1 Å². The Morgan fingerprint density at radius 3 is 2.28 bits per heavy atom. The molecule has 0 aliphatic heterocycles. The molecule has 134 valence electrons. The molecule has 0 aromatic heterocycles. The van der Waals surface area contributed by atoms with Gasteiger partial charge in [0.15, 0.2) is 0 Å². The van der Waals surface area contributed by atoms with Crippen molar-refractivity contribution in [3.8, 4) is 0 Å². The summed E-state index contributed by atoms with van der Waals surface area (Å²) < 4.78 is 27.2. The quantitative estimate of drug-likeness (QED) is 0.739. The van der Waals surface area contributed by atoms with Crippen molar-refractivity contribution in [3.63, 3.8) is 0 Å². The fraction of sp³-hybridized carbons (Fsp3) is 0.316. The van der Waals surface area contributed by atoms with Crippen molar-refractivity contribution in [2.24, 2.45) is 5.92 Å². The summed E-state index contributed by atoms with van der Waals surface area (Å²) in [7, 11) is -3.83. The van der Waals surface area contributed by atoms with Gasteiger partial charge in [-0.05, 0) is 42.2 Å². The van der Waals surface area contributed by atoms with Crippen LogP contribution in [-0.4, -0.2) is 19.5 Å². The smallest absolute Gasteiger partial charge is 0.337 e. The maximum Gasteiger partial charge on any atom is 0.337 e. The van der Waals surface area contributed by atoms with Crippen LogP contribution in [0.2, 0.25) is 0 Å². The number of hydrogen-bond donors (Lipinski definition) is 2. The number of carbonyl (C=O) groups is 1. The van der Waals surface area contributed by atoms with Crippen LogP contribution in [0.15, 0.2) is 53.4 Å². The van der Waals surface area contributed by atoms with Gasteiger partial charge >= 0.3 is 5.97 Å². The van der Waals surface area contributed by atoms with Crippen molar-refractivity contribution in [1.82, 2.24) is 0 Å². The van der Waals surface area contributed by atoms with Gasteiger partial charge in [-0.15, -0.1) is 0 Å². The molecule has 0 saturated carbocycles. The van der Waals surface area contributed by atoms with E-state index in [1.54, 1.807) is 30.3 Å². The summed E-state index contributed by atoms with van der Waals surface area (Å²) in [5.74, 6) is -0.675. The summed E-state index contributed by atoms with van der Waals surface area (Å²) in [6.07, 6.45) is 2.81. The van der Waals surface area contributed by atoms with Gasteiger partial charge in [-0.25, -0.2) is 13.2 Å². The highest BCUT2D eigenvalue weighted by Gasteiger charge is 2.19. The molecule has 0 bridgehead atoms. The Bertz CT molecular complexity index is 828. The van der Waals surface area contributed by atoms with Crippen LogP contribution in [-0.2, 0) is 16.4 Å². The maximum atomic E-state index is 12.4.